The van der Waals surface area contributed by atoms with Crippen molar-refractivity contribution in [1.82, 2.24) is 19.7 Å². The maximum Gasteiger partial charge on any atom is 0.251 e. The number of pyridine rings is 2. The molecule has 0 aliphatic carbocycles. The van der Waals surface area contributed by atoms with Crippen LogP contribution in [0.1, 0.15) is 17.3 Å². The molecule has 0 aliphatic rings. The van der Waals surface area contributed by atoms with Crippen LogP contribution in [0.3, 0.4) is 0 Å². The lowest BCUT2D eigenvalue weighted by Crippen LogP contribution is -2.26. The van der Waals surface area contributed by atoms with Gasteiger partial charge < -0.3 is 9.67 Å². The number of fused-ring (bicyclic) bond motifs is 1. The van der Waals surface area contributed by atoms with Gasteiger partial charge in [0.1, 0.15) is 11.5 Å². The summed E-state index contributed by atoms with van der Waals surface area (Å²) in [4.78, 5) is 17.2. The molecule has 0 saturated carbocycles. The Hall–Kier alpha value is -3.81. The zero-order chi connectivity index (χ0) is 23.8. The molecule has 5 rings (SSSR count). The molecule has 0 fully saturated rings. The Morgan fingerprint density at radius 3 is 2.71 bits per heavy atom. The lowest BCUT2D eigenvalue weighted by atomic mass is 10.0. The van der Waals surface area contributed by atoms with E-state index < -0.39 is 11.9 Å². The molecular weight excluding hydrogens is 455 g/mol. The van der Waals surface area contributed by atoms with Crippen molar-refractivity contribution < 1.29 is 9.50 Å². The van der Waals surface area contributed by atoms with Gasteiger partial charge in [-0.3, -0.25) is 14.9 Å². The molecule has 0 radical (unpaired) electrons. The molecular formula is C26H20ClFN4O2. The van der Waals surface area contributed by atoms with E-state index in [2.05, 4.69) is 15.2 Å². The lowest BCUT2D eigenvalue weighted by molar-refractivity contribution is 0.247. The average molecular weight is 475 g/mol. The normalized spacial score (nSPS) is 12.2. The summed E-state index contributed by atoms with van der Waals surface area (Å²) in [5.74, 6) is -0.471. The highest BCUT2D eigenvalue weighted by Gasteiger charge is 2.19. The zero-order valence-corrected chi connectivity index (χ0v) is 18.9. The Labute approximate surface area is 199 Å². The van der Waals surface area contributed by atoms with Gasteiger partial charge >= 0.3 is 0 Å². The molecule has 5 aromatic rings. The minimum atomic E-state index is -0.608. The van der Waals surface area contributed by atoms with Crippen molar-refractivity contribution in [2.75, 3.05) is 6.61 Å². The third-order valence-electron chi connectivity index (χ3n) is 5.84. The molecule has 0 bridgehead atoms. The van der Waals surface area contributed by atoms with Crippen LogP contribution in [0.25, 0.3) is 33.3 Å². The Morgan fingerprint density at radius 1 is 1.12 bits per heavy atom. The molecule has 6 nitrogen and oxygen atoms in total. The topological polar surface area (TPSA) is 83.8 Å². The first kappa shape index (κ1) is 22.0. The Bertz CT molecular complexity index is 1580. The first-order chi connectivity index (χ1) is 16.5. The van der Waals surface area contributed by atoms with Crippen LogP contribution < -0.4 is 5.56 Å². The summed E-state index contributed by atoms with van der Waals surface area (Å²) in [5.41, 5.74) is 3.63. The van der Waals surface area contributed by atoms with E-state index in [0.717, 1.165) is 11.3 Å². The fourth-order valence-corrected chi connectivity index (χ4v) is 4.38. The van der Waals surface area contributed by atoms with E-state index in [1.807, 2.05) is 13.0 Å². The molecule has 170 valence electrons. The van der Waals surface area contributed by atoms with Gasteiger partial charge in [0.2, 0.25) is 0 Å². The summed E-state index contributed by atoms with van der Waals surface area (Å²) >= 11 is 6.08. The van der Waals surface area contributed by atoms with Gasteiger partial charge in [0, 0.05) is 40.3 Å². The smallest absolute Gasteiger partial charge is 0.251 e. The van der Waals surface area contributed by atoms with Gasteiger partial charge in [-0.2, -0.15) is 5.10 Å². The number of benzene rings is 2. The first-order valence-corrected chi connectivity index (χ1v) is 11.0. The van der Waals surface area contributed by atoms with Crippen molar-refractivity contribution in [3.8, 4) is 22.4 Å². The number of aromatic nitrogens is 4. The summed E-state index contributed by atoms with van der Waals surface area (Å²) in [6, 6.07) is 16.4. The third kappa shape index (κ3) is 3.89. The zero-order valence-electron chi connectivity index (χ0n) is 18.2. The van der Waals surface area contributed by atoms with Crippen molar-refractivity contribution in [3.05, 3.63) is 106 Å². The van der Waals surface area contributed by atoms with E-state index in [1.54, 1.807) is 60.9 Å². The number of rotatable bonds is 5. The molecule has 0 unspecified atom stereocenters. The first-order valence-electron chi connectivity index (χ1n) is 10.6. The van der Waals surface area contributed by atoms with Crippen molar-refractivity contribution in [1.29, 1.82) is 0 Å². The molecule has 8 heteroatoms. The van der Waals surface area contributed by atoms with Crippen molar-refractivity contribution in [3.63, 3.8) is 0 Å². The van der Waals surface area contributed by atoms with E-state index in [-0.39, 0.29) is 17.7 Å². The van der Waals surface area contributed by atoms with Crippen LogP contribution in [0.4, 0.5) is 4.39 Å². The van der Waals surface area contributed by atoms with Crippen LogP contribution in [0, 0.1) is 12.7 Å². The van der Waals surface area contributed by atoms with E-state index in [4.69, 9.17) is 11.6 Å². The number of nitrogens with zero attached hydrogens (tertiary/aromatic N) is 3. The van der Waals surface area contributed by atoms with Gasteiger partial charge in [0.25, 0.3) is 5.56 Å². The highest BCUT2D eigenvalue weighted by atomic mass is 35.5. The van der Waals surface area contributed by atoms with Crippen molar-refractivity contribution >= 4 is 22.5 Å². The molecule has 2 aromatic carbocycles. The Morgan fingerprint density at radius 2 is 1.97 bits per heavy atom. The predicted molar refractivity (Wildman–Crippen MR) is 130 cm³/mol. The standard InChI is InChI=1S/C26H20ClFN4O2/c1-15-11-18(7-9-29-15)26-24-21(30-31-26)6-5-20(25(24)28)16-8-10-32(23(34)13-16)22(14-33)17-3-2-4-19(27)12-17/h2-13,22,33H,14H2,1H3,(H,30,31)/t22-/m1/s1. The number of aliphatic hydroxyl groups is 1. The van der Waals surface area contributed by atoms with Gasteiger partial charge in [0.05, 0.1) is 23.6 Å². The molecule has 34 heavy (non-hydrogen) atoms. The quantitative estimate of drug-likeness (QED) is 0.369. The monoisotopic (exact) mass is 474 g/mol. The molecule has 1 atom stereocenters. The summed E-state index contributed by atoms with van der Waals surface area (Å²) < 4.78 is 17.2. The SMILES string of the molecule is Cc1cc(-c2n[nH]c3ccc(-c4ccn([C@H](CO)c5cccc(Cl)c5)c(=O)c4)c(F)c23)ccn1. The molecule has 3 aromatic heterocycles. The lowest BCUT2D eigenvalue weighted by Gasteiger charge is -2.19. The second-order valence-electron chi connectivity index (χ2n) is 8.02. The number of nitrogens with one attached hydrogen (secondary N) is 1. The average Bonchev–Trinajstić information content (AvgIpc) is 3.26. The van der Waals surface area contributed by atoms with Crippen LogP contribution in [0.5, 0.6) is 0 Å². The van der Waals surface area contributed by atoms with Crippen LogP contribution in [-0.2, 0) is 0 Å². The molecule has 0 saturated heterocycles. The third-order valence-corrected chi connectivity index (χ3v) is 6.07. The number of halogens is 2. The molecule has 2 N–H and O–H groups in total. The van der Waals surface area contributed by atoms with Gasteiger partial charge in [-0.25, -0.2) is 4.39 Å². The van der Waals surface area contributed by atoms with Crippen LogP contribution in [0.15, 0.2) is 77.9 Å². The van der Waals surface area contributed by atoms with E-state index in [0.29, 0.717) is 32.7 Å². The summed E-state index contributed by atoms with van der Waals surface area (Å²) in [7, 11) is 0. The fraction of sp³-hybridized carbons (Fsp3) is 0.115. The number of hydrogen-bond acceptors (Lipinski definition) is 4. The largest absolute Gasteiger partial charge is 0.394 e. The molecule has 0 aliphatic heterocycles. The number of aromatic amines is 1. The highest BCUT2D eigenvalue weighted by Crippen LogP contribution is 2.34. The second kappa shape index (κ2) is 8.85. The highest BCUT2D eigenvalue weighted by molar-refractivity contribution is 6.30. The molecule has 0 amide bonds. The number of aryl methyl sites for hydroxylation is 1. The summed E-state index contributed by atoms with van der Waals surface area (Å²) in [6.07, 6.45) is 3.22. The van der Waals surface area contributed by atoms with Gasteiger partial charge in [-0.1, -0.05) is 23.7 Å². The van der Waals surface area contributed by atoms with Gasteiger partial charge in [0.15, 0.2) is 0 Å². The summed E-state index contributed by atoms with van der Waals surface area (Å²) in [6.45, 7) is 1.57. The fourth-order valence-electron chi connectivity index (χ4n) is 4.18. The number of hydrogen-bond donors (Lipinski definition) is 2. The van der Waals surface area contributed by atoms with Gasteiger partial charge in [-0.05, 0) is 60.5 Å². The minimum Gasteiger partial charge on any atom is -0.394 e. The predicted octanol–water partition coefficient (Wildman–Crippen LogP) is 5.14. The maximum atomic E-state index is 15.8. The van der Waals surface area contributed by atoms with Crippen molar-refractivity contribution in [2.45, 2.75) is 13.0 Å². The van der Waals surface area contributed by atoms with Gasteiger partial charge in [-0.15, -0.1) is 0 Å². The second-order valence-corrected chi connectivity index (χ2v) is 8.46. The number of aliphatic hydroxyl groups excluding tert-OH is 1. The maximum absolute atomic E-state index is 15.8. The van der Waals surface area contributed by atoms with E-state index in [9.17, 15) is 9.90 Å². The van der Waals surface area contributed by atoms with Crippen LogP contribution >= 0.6 is 11.6 Å². The summed E-state index contributed by atoms with van der Waals surface area (Å²) in [5, 5.41) is 18.0. The Balaban J connectivity index is 1.59. The molecule has 0 spiro atoms. The minimum absolute atomic E-state index is 0.286. The molecule has 3 heterocycles. The van der Waals surface area contributed by atoms with Crippen molar-refractivity contribution in [2.24, 2.45) is 0 Å². The van der Waals surface area contributed by atoms with Crippen LogP contribution in [0.2, 0.25) is 5.02 Å². The van der Waals surface area contributed by atoms with E-state index >= 15 is 4.39 Å². The van der Waals surface area contributed by atoms with E-state index in [1.165, 1.54) is 10.6 Å². The number of H-pyrrole nitrogens is 1. The Kier molecular flexibility index (Phi) is 5.73. The van der Waals surface area contributed by atoms with Crippen LogP contribution in [-0.4, -0.2) is 31.5 Å².